The zero-order chi connectivity index (χ0) is 11.7. The second-order valence-corrected chi connectivity index (χ2v) is 4.44. The summed E-state index contributed by atoms with van der Waals surface area (Å²) in [5.41, 5.74) is 6.69. The number of tetrazole rings is 1. The Hall–Kier alpha value is -1.75. The van der Waals surface area contributed by atoms with Crippen LogP contribution < -0.4 is 5.73 Å². The van der Waals surface area contributed by atoms with Crippen molar-refractivity contribution >= 4 is 0 Å². The third kappa shape index (κ3) is 1.82. The maximum Gasteiger partial charge on any atom is 0.204 e. The summed E-state index contributed by atoms with van der Waals surface area (Å²) in [4.78, 5) is 1.73. The average Bonchev–Trinajstić information content (AvgIpc) is 2.79. The van der Waals surface area contributed by atoms with Crippen molar-refractivity contribution in [3.8, 4) is 11.4 Å². The predicted octanol–water partition coefficient (Wildman–Crippen LogP) is 1.25. The molecule has 1 fully saturated rings. The fraction of sp³-hybridized carbons (Fsp3) is 0.417. The van der Waals surface area contributed by atoms with Gasteiger partial charge in [0.15, 0.2) is 0 Å². The Kier molecular flexibility index (Phi) is 2.60. The van der Waals surface area contributed by atoms with Gasteiger partial charge in [0.2, 0.25) is 5.82 Å². The summed E-state index contributed by atoms with van der Waals surface area (Å²) in [6.45, 7) is 0.701. The lowest BCUT2D eigenvalue weighted by molar-refractivity contribution is 0.154. The second-order valence-electron chi connectivity index (χ2n) is 4.44. The van der Waals surface area contributed by atoms with Gasteiger partial charge in [0.1, 0.15) is 0 Å². The van der Waals surface area contributed by atoms with Gasteiger partial charge in [-0.25, -0.2) is 0 Å². The molecular weight excluding hydrogens is 214 g/mol. The summed E-state index contributed by atoms with van der Waals surface area (Å²) in [6, 6.07) is 10.2. The number of benzene rings is 1. The molecule has 3 rings (SSSR count). The van der Waals surface area contributed by atoms with Crippen molar-refractivity contribution < 1.29 is 0 Å². The maximum atomic E-state index is 5.69. The van der Waals surface area contributed by atoms with Crippen LogP contribution in [0.4, 0.5) is 0 Å². The highest BCUT2D eigenvalue weighted by Crippen LogP contribution is 2.36. The Morgan fingerprint density at radius 1 is 1.24 bits per heavy atom. The zero-order valence-electron chi connectivity index (χ0n) is 9.53. The maximum absolute atomic E-state index is 5.69. The van der Waals surface area contributed by atoms with Crippen molar-refractivity contribution in [2.24, 2.45) is 11.7 Å². The van der Waals surface area contributed by atoms with Crippen molar-refractivity contribution in [1.29, 1.82) is 0 Å². The van der Waals surface area contributed by atoms with Crippen molar-refractivity contribution in [1.82, 2.24) is 20.2 Å². The predicted molar refractivity (Wildman–Crippen MR) is 64.1 cm³/mol. The summed E-state index contributed by atoms with van der Waals surface area (Å²) >= 11 is 0. The van der Waals surface area contributed by atoms with Gasteiger partial charge in [-0.1, -0.05) is 30.3 Å². The Morgan fingerprint density at radius 3 is 2.71 bits per heavy atom. The molecule has 2 aromatic rings. The van der Waals surface area contributed by atoms with Crippen LogP contribution in [-0.4, -0.2) is 26.8 Å². The lowest BCUT2D eigenvalue weighted by Crippen LogP contribution is -2.35. The molecule has 2 N–H and O–H groups in total. The second kappa shape index (κ2) is 4.25. The van der Waals surface area contributed by atoms with Gasteiger partial charge in [0.25, 0.3) is 0 Å². The summed E-state index contributed by atoms with van der Waals surface area (Å²) < 4.78 is 0. The van der Waals surface area contributed by atoms with E-state index in [0.717, 1.165) is 12.0 Å². The van der Waals surface area contributed by atoms with E-state index >= 15 is 0 Å². The van der Waals surface area contributed by atoms with Gasteiger partial charge >= 0.3 is 0 Å². The summed E-state index contributed by atoms with van der Waals surface area (Å²) in [5, 5.41) is 12.7. The molecular formula is C12H15N5. The average molecular weight is 229 g/mol. The highest BCUT2D eigenvalue weighted by Gasteiger charge is 2.33. The van der Waals surface area contributed by atoms with Crippen LogP contribution >= 0.6 is 0 Å². The molecule has 5 nitrogen and oxygen atoms in total. The number of aromatic nitrogens is 4. The molecule has 1 aliphatic carbocycles. The first-order chi connectivity index (χ1) is 8.38. The van der Waals surface area contributed by atoms with Gasteiger partial charge in [-0.2, -0.15) is 4.80 Å². The molecule has 0 bridgehead atoms. The highest BCUT2D eigenvalue weighted by molar-refractivity contribution is 5.52. The van der Waals surface area contributed by atoms with Crippen LogP contribution in [0.15, 0.2) is 30.3 Å². The smallest absolute Gasteiger partial charge is 0.204 e. The van der Waals surface area contributed by atoms with E-state index in [9.17, 15) is 0 Å². The number of nitrogens with two attached hydrogens (primary N) is 1. The normalized spacial score (nSPS) is 23.4. The first-order valence-electron chi connectivity index (χ1n) is 5.93. The van der Waals surface area contributed by atoms with Crippen molar-refractivity contribution in [3.63, 3.8) is 0 Å². The topological polar surface area (TPSA) is 69.6 Å². The monoisotopic (exact) mass is 229 g/mol. The van der Waals surface area contributed by atoms with E-state index in [0.29, 0.717) is 24.3 Å². The van der Waals surface area contributed by atoms with E-state index < -0.39 is 0 Å². The summed E-state index contributed by atoms with van der Waals surface area (Å²) in [5.74, 6) is 1.20. The van der Waals surface area contributed by atoms with Crippen LogP contribution in [0.3, 0.4) is 0 Å². The van der Waals surface area contributed by atoms with Crippen LogP contribution in [0.1, 0.15) is 18.9 Å². The van der Waals surface area contributed by atoms with Crippen LogP contribution in [-0.2, 0) is 0 Å². The minimum absolute atomic E-state index is 0.338. The quantitative estimate of drug-likeness (QED) is 0.860. The van der Waals surface area contributed by atoms with Gasteiger partial charge in [0, 0.05) is 5.56 Å². The van der Waals surface area contributed by atoms with E-state index in [1.54, 1.807) is 4.80 Å². The minimum Gasteiger partial charge on any atom is -0.330 e. The van der Waals surface area contributed by atoms with Crippen LogP contribution in [0, 0.1) is 5.92 Å². The SMILES string of the molecule is NCC1CCC1n1nnc(-c2ccccc2)n1. The fourth-order valence-corrected chi connectivity index (χ4v) is 2.20. The van der Waals surface area contributed by atoms with E-state index in [-0.39, 0.29) is 0 Å². The Morgan fingerprint density at radius 2 is 2.06 bits per heavy atom. The van der Waals surface area contributed by atoms with E-state index in [1.165, 1.54) is 6.42 Å². The van der Waals surface area contributed by atoms with Crippen molar-refractivity contribution in [2.45, 2.75) is 18.9 Å². The third-order valence-corrected chi connectivity index (χ3v) is 3.44. The highest BCUT2D eigenvalue weighted by atomic mass is 15.6. The van der Waals surface area contributed by atoms with Gasteiger partial charge in [0.05, 0.1) is 6.04 Å². The molecule has 1 saturated carbocycles. The van der Waals surface area contributed by atoms with Crippen LogP contribution in [0.25, 0.3) is 11.4 Å². The van der Waals surface area contributed by atoms with Gasteiger partial charge in [-0.15, -0.1) is 10.2 Å². The molecule has 2 atom stereocenters. The van der Waals surface area contributed by atoms with Crippen molar-refractivity contribution in [2.75, 3.05) is 6.54 Å². The Labute approximate surface area is 99.6 Å². The molecule has 88 valence electrons. The fourth-order valence-electron chi connectivity index (χ4n) is 2.20. The molecule has 5 heteroatoms. The first-order valence-corrected chi connectivity index (χ1v) is 5.93. The molecule has 1 heterocycles. The van der Waals surface area contributed by atoms with Crippen LogP contribution in [0.5, 0.6) is 0 Å². The molecule has 1 aromatic carbocycles. The van der Waals surface area contributed by atoms with E-state index in [1.807, 2.05) is 30.3 Å². The van der Waals surface area contributed by atoms with Crippen LogP contribution in [0.2, 0.25) is 0 Å². The number of hydrogen-bond donors (Lipinski definition) is 1. The molecule has 0 spiro atoms. The van der Waals surface area contributed by atoms with E-state index in [4.69, 9.17) is 5.73 Å². The Bertz CT molecular complexity index is 491. The molecule has 1 aromatic heterocycles. The third-order valence-electron chi connectivity index (χ3n) is 3.44. The molecule has 0 amide bonds. The van der Waals surface area contributed by atoms with E-state index in [2.05, 4.69) is 15.4 Å². The molecule has 0 aliphatic heterocycles. The zero-order valence-corrected chi connectivity index (χ0v) is 9.53. The molecule has 17 heavy (non-hydrogen) atoms. The molecule has 1 aliphatic rings. The minimum atomic E-state index is 0.338. The standard InChI is InChI=1S/C12H15N5/c13-8-10-6-7-11(10)17-15-12(14-16-17)9-4-2-1-3-5-9/h1-5,10-11H,6-8,13H2. The van der Waals surface area contributed by atoms with Gasteiger partial charge < -0.3 is 5.73 Å². The lowest BCUT2D eigenvalue weighted by Gasteiger charge is -2.33. The molecule has 0 saturated heterocycles. The lowest BCUT2D eigenvalue weighted by atomic mass is 9.80. The summed E-state index contributed by atoms with van der Waals surface area (Å²) in [7, 11) is 0. The van der Waals surface area contributed by atoms with Gasteiger partial charge in [-0.3, -0.25) is 0 Å². The number of hydrogen-bond acceptors (Lipinski definition) is 4. The summed E-state index contributed by atoms with van der Waals surface area (Å²) in [6.07, 6.45) is 2.27. The largest absolute Gasteiger partial charge is 0.330 e. The molecule has 0 radical (unpaired) electrons. The van der Waals surface area contributed by atoms with Crippen molar-refractivity contribution in [3.05, 3.63) is 30.3 Å². The van der Waals surface area contributed by atoms with Gasteiger partial charge in [-0.05, 0) is 30.5 Å². The number of nitrogens with zero attached hydrogens (tertiary/aromatic N) is 4. The molecule has 2 unspecified atom stereocenters. The number of rotatable bonds is 3. The first kappa shape index (κ1) is 10.4. The Balaban J connectivity index is 1.84.